The second kappa shape index (κ2) is 6.92. The summed E-state index contributed by atoms with van der Waals surface area (Å²) >= 11 is 1.24. The van der Waals surface area contributed by atoms with E-state index in [2.05, 4.69) is 11.1 Å². The number of esters is 1. The highest BCUT2D eigenvalue weighted by Crippen LogP contribution is 2.21. The fourth-order valence-electron chi connectivity index (χ4n) is 1.16. The Bertz CT molecular complexity index is 441. The van der Waals surface area contributed by atoms with Gasteiger partial charge in [0.1, 0.15) is 11.1 Å². The van der Waals surface area contributed by atoms with Crippen molar-refractivity contribution < 1.29 is 9.53 Å². The Hall–Kier alpha value is -1.54. The average Bonchev–Trinajstić information content (AvgIpc) is 2.33. The summed E-state index contributed by atoms with van der Waals surface area (Å²) < 4.78 is 4.95. The first-order chi connectivity index (χ1) is 8.19. The average molecular weight is 250 g/mol. The highest BCUT2D eigenvalue weighted by Gasteiger charge is 2.10. The fraction of sp³-hybridized carbons (Fsp3) is 0.417. The maximum absolute atomic E-state index is 11.3. The van der Waals surface area contributed by atoms with E-state index in [4.69, 9.17) is 10.00 Å². The van der Waals surface area contributed by atoms with E-state index in [9.17, 15) is 4.79 Å². The number of rotatable bonds is 5. The van der Waals surface area contributed by atoms with Crippen LogP contribution in [0.4, 0.5) is 0 Å². The summed E-state index contributed by atoms with van der Waals surface area (Å²) in [5, 5.41) is 9.57. The third-order valence-corrected chi connectivity index (χ3v) is 2.99. The number of aromatic nitrogens is 1. The van der Waals surface area contributed by atoms with Crippen molar-refractivity contribution >= 4 is 17.7 Å². The van der Waals surface area contributed by atoms with Gasteiger partial charge in [-0.1, -0.05) is 18.7 Å². The van der Waals surface area contributed by atoms with E-state index < -0.39 is 0 Å². The summed E-state index contributed by atoms with van der Waals surface area (Å²) in [6, 6.07) is 3.87. The Morgan fingerprint density at radius 3 is 3.06 bits per heavy atom. The molecule has 5 heteroatoms. The van der Waals surface area contributed by atoms with Gasteiger partial charge in [-0.05, 0) is 25.0 Å². The molecule has 0 N–H and O–H groups in total. The molecule has 0 aliphatic heterocycles. The van der Waals surface area contributed by atoms with E-state index in [-0.39, 0.29) is 11.7 Å². The summed E-state index contributed by atoms with van der Waals surface area (Å²) in [6.45, 7) is 4.22. The molecule has 1 aromatic heterocycles. The number of nitrogens with zero attached hydrogens (tertiary/aromatic N) is 2. The lowest BCUT2D eigenvalue weighted by molar-refractivity contribution is -0.140. The van der Waals surface area contributed by atoms with E-state index in [1.165, 1.54) is 11.8 Å². The van der Waals surface area contributed by atoms with E-state index in [0.717, 1.165) is 12.0 Å². The third kappa shape index (κ3) is 4.08. The summed E-state index contributed by atoms with van der Waals surface area (Å²) in [7, 11) is 0. The maximum Gasteiger partial charge on any atom is 0.316 e. The van der Waals surface area contributed by atoms with Crippen LogP contribution in [-0.4, -0.2) is 23.3 Å². The smallest absolute Gasteiger partial charge is 0.316 e. The van der Waals surface area contributed by atoms with Gasteiger partial charge in [0.2, 0.25) is 0 Å². The summed E-state index contributed by atoms with van der Waals surface area (Å²) in [5.41, 5.74) is 1.40. The molecule has 0 saturated carbocycles. The standard InChI is InChI=1S/C12H14N2O2S/c1-3-6-16-11(15)8-17-12-10(7-13)9(2)4-5-14-12/h4-5H,3,6,8H2,1-2H3. The molecule has 1 rings (SSSR count). The highest BCUT2D eigenvalue weighted by molar-refractivity contribution is 7.99. The second-order valence-corrected chi connectivity index (χ2v) is 4.39. The molecule has 0 amide bonds. The summed E-state index contributed by atoms with van der Waals surface area (Å²) in [6.07, 6.45) is 2.44. The van der Waals surface area contributed by atoms with Gasteiger partial charge in [-0.25, -0.2) is 4.98 Å². The summed E-state index contributed by atoms with van der Waals surface area (Å²) in [5.74, 6) is -0.0884. The first kappa shape index (κ1) is 13.5. The number of hydrogen-bond acceptors (Lipinski definition) is 5. The number of pyridine rings is 1. The zero-order valence-electron chi connectivity index (χ0n) is 9.90. The van der Waals surface area contributed by atoms with Crippen LogP contribution in [0.3, 0.4) is 0 Å². The van der Waals surface area contributed by atoms with Gasteiger partial charge in [0, 0.05) is 6.20 Å². The van der Waals surface area contributed by atoms with Crippen LogP contribution in [0, 0.1) is 18.3 Å². The fourth-order valence-corrected chi connectivity index (χ4v) is 1.99. The zero-order valence-corrected chi connectivity index (χ0v) is 10.7. The molecule has 0 unspecified atom stereocenters. The molecule has 4 nitrogen and oxygen atoms in total. The van der Waals surface area contributed by atoms with Crippen LogP contribution in [0.25, 0.3) is 0 Å². The van der Waals surface area contributed by atoms with Gasteiger partial charge < -0.3 is 4.74 Å². The molecule has 90 valence electrons. The molecular formula is C12H14N2O2S. The topological polar surface area (TPSA) is 63.0 Å². The third-order valence-electron chi connectivity index (χ3n) is 2.03. The zero-order chi connectivity index (χ0) is 12.7. The lowest BCUT2D eigenvalue weighted by Crippen LogP contribution is -2.08. The minimum absolute atomic E-state index is 0.186. The molecule has 1 heterocycles. The van der Waals surface area contributed by atoms with E-state index in [1.807, 2.05) is 13.8 Å². The minimum Gasteiger partial charge on any atom is -0.465 e. The van der Waals surface area contributed by atoms with E-state index >= 15 is 0 Å². The normalized spacial score (nSPS) is 9.71. The molecule has 0 aliphatic carbocycles. The number of thioether (sulfide) groups is 1. The van der Waals surface area contributed by atoms with Crippen LogP contribution in [0.2, 0.25) is 0 Å². The molecule has 0 aliphatic rings. The van der Waals surface area contributed by atoms with E-state index in [1.54, 1.807) is 12.3 Å². The first-order valence-electron chi connectivity index (χ1n) is 5.33. The Morgan fingerprint density at radius 2 is 2.41 bits per heavy atom. The second-order valence-electron chi connectivity index (χ2n) is 3.43. The van der Waals surface area contributed by atoms with Crippen molar-refractivity contribution in [2.45, 2.75) is 25.3 Å². The lowest BCUT2D eigenvalue weighted by Gasteiger charge is -2.05. The number of ether oxygens (including phenoxy) is 1. The predicted octanol–water partition coefficient (Wildman–Crippen LogP) is 2.31. The molecule has 0 spiro atoms. The van der Waals surface area contributed by atoms with Gasteiger partial charge in [0.05, 0.1) is 17.9 Å². The molecule has 0 saturated heterocycles. The van der Waals surface area contributed by atoms with Crippen molar-refractivity contribution in [3.8, 4) is 6.07 Å². The first-order valence-corrected chi connectivity index (χ1v) is 6.31. The molecule has 0 fully saturated rings. The molecule has 0 bridgehead atoms. The van der Waals surface area contributed by atoms with Crippen LogP contribution in [0.1, 0.15) is 24.5 Å². The Morgan fingerprint density at radius 1 is 1.65 bits per heavy atom. The van der Waals surface area contributed by atoms with Crippen molar-refractivity contribution in [2.75, 3.05) is 12.4 Å². The Kier molecular flexibility index (Phi) is 5.50. The Labute approximate surface area is 105 Å². The van der Waals surface area contributed by atoms with Gasteiger partial charge in [0.25, 0.3) is 0 Å². The van der Waals surface area contributed by atoms with Gasteiger partial charge in [-0.3, -0.25) is 4.79 Å². The lowest BCUT2D eigenvalue weighted by atomic mass is 10.2. The number of hydrogen-bond donors (Lipinski definition) is 0. The summed E-state index contributed by atoms with van der Waals surface area (Å²) in [4.78, 5) is 15.4. The molecule has 0 radical (unpaired) electrons. The minimum atomic E-state index is -0.274. The molecule has 0 atom stereocenters. The van der Waals surface area contributed by atoms with Crippen LogP contribution < -0.4 is 0 Å². The molecule has 1 aromatic rings. The quantitative estimate of drug-likeness (QED) is 0.592. The van der Waals surface area contributed by atoms with Crippen molar-refractivity contribution in [3.63, 3.8) is 0 Å². The van der Waals surface area contributed by atoms with Gasteiger partial charge in [-0.2, -0.15) is 5.26 Å². The maximum atomic E-state index is 11.3. The Balaban J connectivity index is 2.61. The van der Waals surface area contributed by atoms with Crippen LogP contribution in [0.15, 0.2) is 17.3 Å². The van der Waals surface area contributed by atoms with Gasteiger partial charge in [0.15, 0.2) is 0 Å². The molecule has 0 aromatic carbocycles. The van der Waals surface area contributed by atoms with E-state index in [0.29, 0.717) is 17.2 Å². The number of carbonyl (C=O) groups excluding carboxylic acids is 1. The largest absolute Gasteiger partial charge is 0.465 e. The van der Waals surface area contributed by atoms with Crippen molar-refractivity contribution in [1.29, 1.82) is 5.26 Å². The molecule has 17 heavy (non-hydrogen) atoms. The monoisotopic (exact) mass is 250 g/mol. The highest BCUT2D eigenvalue weighted by atomic mass is 32.2. The van der Waals surface area contributed by atoms with Crippen molar-refractivity contribution in [2.24, 2.45) is 0 Å². The van der Waals surface area contributed by atoms with Crippen LogP contribution in [0.5, 0.6) is 0 Å². The number of aryl methyl sites for hydroxylation is 1. The van der Waals surface area contributed by atoms with Crippen LogP contribution in [-0.2, 0) is 9.53 Å². The number of nitriles is 1. The predicted molar refractivity (Wildman–Crippen MR) is 65.7 cm³/mol. The van der Waals surface area contributed by atoms with Crippen molar-refractivity contribution in [3.05, 3.63) is 23.4 Å². The van der Waals surface area contributed by atoms with Gasteiger partial charge >= 0.3 is 5.97 Å². The van der Waals surface area contributed by atoms with Crippen molar-refractivity contribution in [1.82, 2.24) is 4.98 Å². The number of carbonyl (C=O) groups is 1. The van der Waals surface area contributed by atoms with Gasteiger partial charge in [-0.15, -0.1) is 0 Å². The van der Waals surface area contributed by atoms with Crippen LogP contribution >= 0.6 is 11.8 Å². The SMILES string of the molecule is CCCOC(=O)CSc1nccc(C)c1C#N. The molecular weight excluding hydrogens is 236 g/mol.